The molecule has 47 heavy (non-hydrogen) atoms. The third-order valence-corrected chi connectivity index (χ3v) is 11.6. The van der Waals surface area contributed by atoms with Gasteiger partial charge in [0.1, 0.15) is 40.9 Å². The molecule has 1 saturated carbocycles. The molecule has 4 aromatic rings. The number of hydrogen-bond donors (Lipinski definition) is 1. The van der Waals surface area contributed by atoms with Crippen molar-refractivity contribution in [2.24, 2.45) is 5.92 Å². The van der Waals surface area contributed by atoms with Crippen LogP contribution in [0.3, 0.4) is 0 Å². The Morgan fingerprint density at radius 3 is 2.66 bits per heavy atom. The first-order valence-corrected chi connectivity index (χ1v) is 17.6. The number of nitrogens with two attached hydrogens (primary N) is 1. The molecule has 2 bridgehead atoms. The maximum absolute atomic E-state index is 17.2. The summed E-state index contributed by atoms with van der Waals surface area (Å²) in [4.78, 5) is 16.7. The second-order valence-corrected chi connectivity index (χ2v) is 14.6. The monoisotopic (exact) mass is 679 g/mol. The van der Waals surface area contributed by atoms with E-state index in [0.717, 1.165) is 69.1 Å². The van der Waals surface area contributed by atoms with E-state index in [2.05, 4.69) is 27.8 Å². The molecule has 4 aliphatic rings. The highest BCUT2D eigenvalue weighted by atomic mass is 35.5. The van der Waals surface area contributed by atoms with Crippen LogP contribution in [0.5, 0.6) is 11.8 Å². The van der Waals surface area contributed by atoms with E-state index in [1.54, 1.807) is 0 Å². The lowest BCUT2D eigenvalue weighted by molar-refractivity contribution is 0.0852. The van der Waals surface area contributed by atoms with Gasteiger partial charge in [0.15, 0.2) is 11.6 Å². The van der Waals surface area contributed by atoms with Crippen molar-refractivity contribution in [2.75, 3.05) is 63.6 Å². The maximum Gasteiger partial charge on any atom is 0.319 e. The fourth-order valence-corrected chi connectivity index (χ4v) is 8.87. The summed E-state index contributed by atoms with van der Waals surface area (Å²) >= 11 is 8.01. The van der Waals surface area contributed by atoms with Crippen LogP contribution < -0.4 is 20.1 Å². The lowest BCUT2D eigenvalue weighted by Gasteiger charge is -2.32. The van der Waals surface area contributed by atoms with E-state index >= 15 is 4.39 Å². The maximum atomic E-state index is 17.2. The quantitative estimate of drug-likeness (QED) is 0.261. The van der Waals surface area contributed by atoms with Gasteiger partial charge >= 0.3 is 6.01 Å². The smallest absolute Gasteiger partial charge is 0.319 e. The van der Waals surface area contributed by atoms with Crippen LogP contribution in [-0.2, 0) is 0 Å². The molecule has 246 valence electrons. The second kappa shape index (κ2) is 12.2. The minimum Gasteiger partial charge on any atom is -0.489 e. The highest BCUT2D eigenvalue weighted by molar-refractivity contribution is 7.23. The van der Waals surface area contributed by atoms with Crippen LogP contribution >= 0.6 is 22.9 Å². The Labute approximate surface area is 280 Å². The molecule has 9 nitrogen and oxygen atoms in total. The molecule has 0 radical (unpaired) electrons. The average Bonchev–Trinajstić information content (AvgIpc) is 3.71. The fourth-order valence-electron chi connectivity index (χ4n) is 7.59. The summed E-state index contributed by atoms with van der Waals surface area (Å²) in [5.74, 6) is 0.272. The van der Waals surface area contributed by atoms with Gasteiger partial charge in [0.2, 0.25) is 0 Å². The van der Waals surface area contributed by atoms with E-state index in [-0.39, 0.29) is 72.8 Å². The number of anilines is 2. The number of thiophene rings is 1. The molecule has 2 aromatic carbocycles. The summed E-state index contributed by atoms with van der Waals surface area (Å²) in [6.45, 7) is 5.39. The Kier molecular flexibility index (Phi) is 7.99. The standard InChI is InChI=1S/C34H36ClF2N7O2S/c1-42-10-2-4-22(42)23-5-3-11-43(17-18-6-7-18)12-13-44-14-15-45-30-26-29(40-34(46-23)41-33(26)44)28(37)25(27(30)35)19-8-9-21(36)31-24(19)20(16-38)32(39)47-31/h8-9,18,22-23H,2-7,10-15,17,39H2,1H3/t22-,23?/m0/s1. The van der Waals surface area contributed by atoms with Crippen LogP contribution in [-0.4, -0.2) is 84.8 Å². The Balaban J connectivity index is 1.33. The molecule has 2 atom stereocenters. The summed E-state index contributed by atoms with van der Waals surface area (Å²) in [5.41, 5.74) is 6.43. The Hall–Kier alpha value is -3.50. The van der Waals surface area contributed by atoms with Crippen molar-refractivity contribution in [2.45, 2.75) is 50.7 Å². The van der Waals surface area contributed by atoms with Gasteiger partial charge in [-0.15, -0.1) is 11.3 Å². The highest BCUT2D eigenvalue weighted by Gasteiger charge is 2.35. The number of nitrogens with zero attached hydrogens (tertiary/aromatic N) is 6. The van der Waals surface area contributed by atoms with Gasteiger partial charge in [-0.2, -0.15) is 15.2 Å². The van der Waals surface area contributed by atoms with E-state index in [4.69, 9.17) is 36.8 Å². The number of ether oxygens (including phenoxy) is 2. The summed E-state index contributed by atoms with van der Waals surface area (Å²) in [5, 5.41) is 10.7. The van der Waals surface area contributed by atoms with Crippen LogP contribution in [0, 0.1) is 28.9 Å². The van der Waals surface area contributed by atoms with Gasteiger partial charge in [0, 0.05) is 36.6 Å². The number of fused-ring (bicyclic) bond motifs is 2. The number of likely N-dealkylation sites (tertiary alicyclic amines) is 1. The van der Waals surface area contributed by atoms with Gasteiger partial charge in [-0.3, -0.25) is 4.90 Å². The van der Waals surface area contributed by atoms with Gasteiger partial charge in [0.05, 0.1) is 27.2 Å². The summed E-state index contributed by atoms with van der Waals surface area (Å²) in [6, 6.07) is 5.06. The summed E-state index contributed by atoms with van der Waals surface area (Å²) in [7, 11) is 2.13. The Morgan fingerprint density at radius 1 is 1.06 bits per heavy atom. The van der Waals surface area contributed by atoms with Gasteiger partial charge < -0.3 is 25.0 Å². The molecule has 5 heterocycles. The third kappa shape index (κ3) is 5.41. The first kappa shape index (κ1) is 30.8. The van der Waals surface area contributed by atoms with Crippen molar-refractivity contribution in [1.29, 1.82) is 5.26 Å². The summed E-state index contributed by atoms with van der Waals surface area (Å²) < 4.78 is 45.3. The van der Waals surface area contributed by atoms with Crippen molar-refractivity contribution in [1.82, 2.24) is 19.8 Å². The van der Waals surface area contributed by atoms with E-state index in [9.17, 15) is 9.65 Å². The van der Waals surface area contributed by atoms with Gasteiger partial charge in [0.25, 0.3) is 0 Å². The summed E-state index contributed by atoms with van der Waals surface area (Å²) in [6.07, 6.45) is 6.32. The van der Waals surface area contributed by atoms with Crippen LogP contribution in [0.4, 0.5) is 19.6 Å². The number of benzene rings is 2. The number of hydrogen-bond acceptors (Lipinski definition) is 10. The molecule has 13 heteroatoms. The van der Waals surface area contributed by atoms with Crippen molar-refractivity contribution >= 4 is 54.7 Å². The van der Waals surface area contributed by atoms with Crippen molar-refractivity contribution in [3.05, 3.63) is 34.4 Å². The van der Waals surface area contributed by atoms with E-state index in [1.807, 2.05) is 0 Å². The van der Waals surface area contributed by atoms with Crippen LogP contribution in [0.25, 0.3) is 32.1 Å². The minimum absolute atomic E-state index is 0.0101. The first-order chi connectivity index (χ1) is 22.8. The molecule has 2 N–H and O–H groups in total. The molecular weight excluding hydrogens is 644 g/mol. The molecular formula is C34H36ClF2N7O2S. The lowest BCUT2D eigenvalue weighted by atomic mass is 9.96. The van der Waals surface area contributed by atoms with Gasteiger partial charge in [-0.25, -0.2) is 8.78 Å². The Morgan fingerprint density at radius 2 is 1.89 bits per heavy atom. The number of halogens is 3. The molecule has 1 aliphatic carbocycles. The fraction of sp³-hybridized carbons (Fsp3) is 0.500. The topological polar surface area (TPSA) is 104 Å². The average molecular weight is 680 g/mol. The van der Waals surface area contributed by atoms with Crippen LogP contribution in [0.1, 0.15) is 44.1 Å². The van der Waals surface area contributed by atoms with Crippen LogP contribution in [0.15, 0.2) is 12.1 Å². The zero-order chi connectivity index (χ0) is 32.4. The zero-order valence-corrected chi connectivity index (χ0v) is 27.8. The van der Waals surface area contributed by atoms with E-state index in [0.29, 0.717) is 24.3 Å². The Bertz CT molecular complexity index is 1930. The van der Waals surface area contributed by atoms with Gasteiger partial charge in [-0.1, -0.05) is 17.7 Å². The van der Waals surface area contributed by atoms with Crippen molar-refractivity contribution in [3.63, 3.8) is 0 Å². The lowest BCUT2D eigenvalue weighted by Crippen LogP contribution is -2.42. The van der Waals surface area contributed by atoms with E-state index < -0.39 is 11.6 Å². The highest BCUT2D eigenvalue weighted by Crippen LogP contribution is 2.50. The molecule has 1 unspecified atom stereocenters. The number of likely N-dealkylation sites (N-methyl/N-ethyl adjacent to an activating group) is 1. The first-order valence-electron chi connectivity index (χ1n) is 16.4. The number of nitriles is 1. The van der Waals surface area contributed by atoms with Gasteiger partial charge in [-0.05, 0) is 76.2 Å². The molecule has 8 rings (SSSR count). The minimum atomic E-state index is -0.716. The van der Waals surface area contributed by atoms with Crippen molar-refractivity contribution < 1.29 is 18.3 Å². The SMILES string of the molecule is CN1CCC[C@H]1C1CCCN(CC2CC2)CCN2CCOc3c(Cl)c(-c4ccc(F)c5sc(N)c(C#N)c45)c(F)c4nc(nc2c34)O1. The molecule has 0 spiro atoms. The van der Waals surface area contributed by atoms with Crippen molar-refractivity contribution in [3.8, 4) is 29.0 Å². The van der Waals surface area contributed by atoms with Crippen LogP contribution in [0.2, 0.25) is 5.02 Å². The predicted molar refractivity (Wildman–Crippen MR) is 181 cm³/mol. The van der Waals surface area contributed by atoms with E-state index in [1.165, 1.54) is 25.0 Å². The number of aromatic nitrogens is 2. The normalized spacial score (nSPS) is 22.5. The zero-order valence-electron chi connectivity index (χ0n) is 26.2. The molecule has 3 aliphatic heterocycles. The number of rotatable bonds is 4. The second-order valence-electron chi connectivity index (χ2n) is 13.2. The molecule has 1 saturated heterocycles. The molecule has 2 aromatic heterocycles. The molecule has 2 fully saturated rings. The number of nitrogen functional groups attached to an aromatic ring is 1. The third-order valence-electron chi connectivity index (χ3n) is 10.2. The largest absolute Gasteiger partial charge is 0.489 e. The predicted octanol–water partition coefficient (Wildman–Crippen LogP) is 6.44. The molecule has 0 amide bonds.